The average molecular weight is 433 g/mol. The highest BCUT2D eigenvalue weighted by Crippen LogP contribution is 2.35. The molecule has 3 rings (SSSR count). The van der Waals surface area contributed by atoms with Crippen molar-refractivity contribution in [3.63, 3.8) is 0 Å². The van der Waals surface area contributed by atoms with Crippen molar-refractivity contribution < 1.29 is 22.8 Å². The molecule has 3 N–H and O–H groups in total. The molecule has 1 aromatic heterocycles. The standard InChI is InChI=1S/C16H12ClF3N4O3S/c1-28-15-23-12-11(14(27)24-15)7(5-10(25)22-12)13(26)21-9-4-6(16(18,19)20)2-3-8(9)17/h2-4,7H,5H2,1H3,(H,21,26)(H2,22,23,24,25,27)/t7-/m0/s1. The Morgan fingerprint density at radius 1 is 1.36 bits per heavy atom. The van der Waals surface area contributed by atoms with Crippen LogP contribution in [0.3, 0.4) is 0 Å². The number of benzene rings is 1. The van der Waals surface area contributed by atoms with Gasteiger partial charge >= 0.3 is 6.18 Å². The summed E-state index contributed by atoms with van der Waals surface area (Å²) in [6.45, 7) is 0. The fourth-order valence-electron chi connectivity index (χ4n) is 2.69. The quantitative estimate of drug-likeness (QED) is 0.510. The van der Waals surface area contributed by atoms with E-state index < -0.39 is 35.0 Å². The molecule has 2 amide bonds. The number of rotatable bonds is 3. The summed E-state index contributed by atoms with van der Waals surface area (Å²) in [5, 5.41) is 4.82. The third-order valence-corrected chi connectivity index (χ3v) is 4.90. The van der Waals surface area contributed by atoms with Crippen molar-refractivity contribution in [2.45, 2.75) is 23.7 Å². The molecule has 1 aliphatic rings. The number of hydrogen-bond donors (Lipinski definition) is 3. The van der Waals surface area contributed by atoms with E-state index in [2.05, 4.69) is 20.6 Å². The highest BCUT2D eigenvalue weighted by molar-refractivity contribution is 7.98. The molecule has 0 spiro atoms. The summed E-state index contributed by atoms with van der Waals surface area (Å²) in [7, 11) is 0. The second kappa shape index (κ2) is 7.47. The van der Waals surface area contributed by atoms with Crippen LogP contribution in [0.5, 0.6) is 0 Å². The van der Waals surface area contributed by atoms with E-state index in [0.717, 1.165) is 23.9 Å². The maximum Gasteiger partial charge on any atom is 0.416 e. The maximum absolute atomic E-state index is 12.9. The summed E-state index contributed by atoms with van der Waals surface area (Å²) in [4.78, 5) is 43.5. The van der Waals surface area contributed by atoms with Crippen LogP contribution in [-0.2, 0) is 15.8 Å². The lowest BCUT2D eigenvalue weighted by Crippen LogP contribution is -2.36. The van der Waals surface area contributed by atoms with Crippen molar-refractivity contribution in [3.05, 3.63) is 44.7 Å². The van der Waals surface area contributed by atoms with Crippen molar-refractivity contribution in [1.82, 2.24) is 9.97 Å². The molecule has 0 bridgehead atoms. The fraction of sp³-hybridized carbons (Fsp3) is 0.250. The predicted octanol–water partition coefficient (Wildman–Crippen LogP) is 3.23. The van der Waals surface area contributed by atoms with Gasteiger partial charge in [-0.1, -0.05) is 23.4 Å². The van der Waals surface area contributed by atoms with E-state index in [1.165, 1.54) is 0 Å². The zero-order valence-corrected chi connectivity index (χ0v) is 15.7. The molecular weight excluding hydrogens is 421 g/mol. The first-order valence-corrected chi connectivity index (χ1v) is 9.36. The number of anilines is 2. The van der Waals surface area contributed by atoms with Gasteiger partial charge in [-0.3, -0.25) is 14.4 Å². The zero-order valence-electron chi connectivity index (χ0n) is 14.1. The molecule has 2 aromatic rings. The largest absolute Gasteiger partial charge is 0.416 e. The Morgan fingerprint density at radius 2 is 2.07 bits per heavy atom. The minimum atomic E-state index is -4.63. The summed E-state index contributed by atoms with van der Waals surface area (Å²) in [5.74, 6) is -2.68. The van der Waals surface area contributed by atoms with Gasteiger partial charge in [0, 0.05) is 6.42 Å². The van der Waals surface area contributed by atoms with E-state index in [0.29, 0.717) is 6.07 Å². The van der Waals surface area contributed by atoms with E-state index in [1.54, 1.807) is 6.26 Å². The molecule has 2 heterocycles. The van der Waals surface area contributed by atoms with Gasteiger partial charge in [0.25, 0.3) is 5.56 Å². The number of halogens is 4. The lowest BCUT2D eigenvalue weighted by Gasteiger charge is -2.23. The van der Waals surface area contributed by atoms with Crippen LogP contribution in [0.1, 0.15) is 23.5 Å². The Labute approximate surface area is 165 Å². The number of aromatic nitrogens is 2. The van der Waals surface area contributed by atoms with Crippen LogP contribution in [0.2, 0.25) is 5.02 Å². The van der Waals surface area contributed by atoms with E-state index in [4.69, 9.17) is 11.6 Å². The summed E-state index contributed by atoms with van der Waals surface area (Å²) in [6, 6.07) is 2.46. The number of alkyl halides is 3. The second-order valence-electron chi connectivity index (χ2n) is 5.82. The first-order chi connectivity index (χ1) is 13.1. The molecule has 0 aliphatic carbocycles. The smallest absolute Gasteiger partial charge is 0.324 e. The van der Waals surface area contributed by atoms with Gasteiger partial charge in [0.1, 0.15) is 5.82 Å². The van der Waals surface area contributed by atoms with Crippen LogP contribution < -0.4 is 16.2 Å². The summed E-state index contributed by atoms with van der Waals surface area (Å²) in [6.07, 6.45) is -3.33. The Bertz CT molecular complexity index is 1030. The fourth-order valence-corrected chi connectivity index (χ4v) is 3.23. The molecule has 1 aromatic carbocycles. The number of aromatic amines is 1. The van der Waals surface area contributed by atoms with Crippen molar-refractivity contribution in [2.75, 3.05) is 16.9 Å². The van der Waals surface area contributed by atoms with Gasteiger partial charge in [0.05, 0.1) is 27.8 Å². The Kier molecular flexibility index (Phi) is 5.39. The molecule has 0 fully saturated rings. The van der Waals surface area contributed by atoms with Crippen LogP contribution in [0, 0.1) is 0 Å². The summed E-state index contributed by atoms with van der Waals surface area (Å²) in [5.41, 5.74) is -1.97. The predicted molar refractivity (Wildman–Crippen MR) is 97.7 cm³/mol. The monoisotopic (exact) mass is 432 g/mol. The number of nitrogens with zero attached hydrogens (tertiary/aromatic N) is 1. The van der Waals surface area contributed by atoms with Gasteiger partial charge in [0.15, 0.2) is 5.16 Å². The van der Waals surface area contributed by atoms with Gasteiger partial charge in [-0.2, -0.15) is 13.2 Å². The Balaban J connectivity index is 1.97. The second-order valence-corrected chi connectivity index (χ2v) is 7.03. The lowest BCUT2D eigenvalue weighted by atomic mass is 9.92. The first-order valence-electron chi connectivity index (χ1n) is 7.76. The highest BCUT2D eigenvalue weighted by atomic mass is 35.5. The van der Waals surface area contributed by atoms with Crippen LogP contribution in [0.4, 0.5) is 24.7 Å². The van der Waals surface area contributed by atoms with Gasteiger partial charge in [-0.05, 0) is 24.5 Å². The third kappa shape index (κ3) is 3.99. The third-order valence-electron chi connectivity index (χ3n) is 3.99. The molecule has 0 saturated carbocycles. The topological polar surface area (TPSA) is 104 Å². The van der Waals surface area contributed by atoms with Crippen molar-refractivity contribution in [1.29, 1.82) is 0 Å². The lowest BCUT2D eigenvalue weighted by molar-refractivity contribution is -0.137. The SMILES string of the molecule is CSc1nc2c(c(=O)[nH]1)[C@@H](C(=O)Nc1cc(C(F)(F)F)ccc1Cl)CC(=O)N2. The van der Waals surface area contributed by atoms with Crippen molar-refractivity contribution in [2.24, 2.45) is 0 Å². The molecule has 0 saturated heterocycles. The summed E-state index contributed by atoms with van der Waals surface area (Å²) >= 11 is 7.02. The molecule has 12 heteroatoms. The van der Waals surface area contributed by atoms with Gasteiger partial charge < -0.3 is 15.6 Å². The van der Waals surface area contributed by atoms with E-state index in [1.807, 2.05) is 0 Å². The zero-order chi connectivity index (χ0) is 20.6. The van der Waals surface area contributed by atoms with Gasteiger partial charge in [0.2, 0.25) is 11.8 Å². The van der Waals surface area contributed by atoms with Crippen LogP contribution in [0.15, 0.2) is 28.2 Å². The molecule has 0 radical (unpaired) electrons. The Morgan fingerprint density at radius 3 is 2.71 bits per heavy atom. The van der Waals surface area contributed by atoms with Crippen molar-refractivity contribution >= 4 is 46.7 Å². The number of carbonyl (C=O) groups is 2. The number of carbonyl (C=O) groups excluding carboxylic acids is 2. The van der Waals surface area contributed by atoms with E-state index in [9.17, 15) is 27.6 Å². The number of thioether (sulfide) groups is 1. The van der Waals surface area contributed by atoms with Crippen LogP contribution in [-0.4, -0.2) is 28.0 Å². The number of H-pyrrole nitrogens is 1. The van der Waals surface area contributed by atoms with Gasteiger partial charge in [-0.15, -0.1) is 0 Å². The highest BCUT2D eigenvalue weighted by Gasteiger charge is 2.36. The number of fused-ring (bicyclic) bond motifs is 1. The first kappa shape index (κ1) is 20.2. The number of amides is 2. The van der Waals surface area contributed by atoms with Crippen molar-refractivity contribution in [3.8, 4) is 0 Å². The van der Waals surface area contributed by atoms with E-state index >= 15 is 0 Å². The normalized spacial score (nSPS) is 16.3. The molecule has 7 nitrogen and oxygen atoms in total. The molecule has 0 unspecified atom stereocenters. The van der Waals surface area contributed by atoms with Crippen LogP contribution >= 0.6 is 23.4 Å². The summed E-state index contributed by atoms with van der Waals surface area (Å²) < 4.78 is 38.7. The minimum Gasteiger partial charge on any atom is -0.324 e. The number of nitrogens with one attached hydrogen (secondary N) is 3. The van der Waals surface area contributed by atoms with Gasteiger partial charge in [-0.25, -0.2) is 4.98 Å². The average Bonchev–Trinajstić information content (AvgIpc) is 2.61. The molecular formula is C16H12ClF3N4O3S. The Hall–Kier alpha value is -2.53. The molecule has 1 aliphatic heterocycles. The minimum absolute atomic E-state index is 0.0559. The molecule has 1 atom stereocenters. The van der Waals surface area contributed by atoms with Crippen LogP contribution in [0.25, 0.3) is 0 Å². The number of hydrogen-bond acceptors (Lipinski definition) is 5. The molecule has 148 valence electrons. The maximum atomic E-state index is 12.9. The van der Waals surface area contributed by atoms with E-state index in [-0.39, 0.29) is 33.7 Å². The molecule has 28 heavy (non-hydrogen) atoms.